The highest BCUT2D eigenvalue weighted by atomic mass is 79.9. The van der Waals surface area contributed by atoms with Crippen LogP contribution in [-0.2, 0) is 4.79 Å². The lowest BCUT2D eigenvalue weighted by Crippen LogP contribution is -2.07. The zero-order valence-corrected chi connectivity index (χ0v) is 8.21. The van der Waals surface area contributed by atoms with Crippen molar-refractivity contribution < 1.29 is 13.6 Å². The molecule has 0 spiro atoms. The average Bonchev–Trinajstić information content (AvgIpc) is 1.98. The van der Waals surface area contributed by atoms with Gasteiger partial charge in [-0.05, 0) is 22.0 Å². The van der Waals surface area contributed by atoms with Crippen molar-refractivity contribution in [1.29, 1.82) is 0 Å². The molecule has 1 rings (SSSR count). The van der Waals surface area contributed by atoms with Gasteiger partial charge >= 0.3 is 0 Å². The summed E-state index contributed by atoms with van der Waals surface area (Å²) >= 11 is 2.86. The zero-order chi connectivity index (χ0) is 10.0. The summed E-state index contributed by atoms with van der Waals surface area (Å²) in [6.07, 6.45) is 0. The van der Waals surface area contributed by atoms with E-state index < -0.39 is 17.5 Å². The number of halogens is 3. The molecule has 1 amide bonds. The third kappa shape index (κ3) is 2.48. The monoisotopic (exact) mass is 248 g/mol. The molecule has 0 saturated heterocycles. The van der Waals surface area contributed by atoms with Crippen LogP contribution in [0.1, 0.15) is 6.92 Å². The molecular formula is C8H5BrF2NO. The molecular weight excluding hydrogens is 244 g/mol. The topological polar surface area (TPSA) is 29.1 Å². The van der Waals surface area contributed by atoms with Crippen molar-refractivity contribution in [2.45, 2.75) is 6.92 Å². The number of amides is 1. The number of rotatable bonds is 1. The Morgan fingerprint density at radius 1 is 1.62 bits per heavy atom. The van der Waals surface area contributed by atoms with Gasteiger partial charge in [-0.25, -0.2) is 8.78 Å². The number of carbonyl (C=O) groups is 1. The first-order chi connectivity index (χ1) is 6.00. The fourth-order valence-electron chi connectivity index (χ4n) is 0.785. The molecule has 1 aromatic rings. The van der Waals surface area contributed by atoms with Crippen molar-refractivity contribution in [3.8, 4) is 0 Å². The van der Waals surface area contributed by atoms with Crippen LogP contribution in [0, 0.1) is 17.7 Å². The average molecular weight is 249 g/mol. The van der Waals surface area contributed by atoms with Crippen LogP contribution >= 0.6 is 15.9 Å². The molecule has 1 aromatic carbocycles. The van der Waals surface area contributed by atoms with Gasteiger partial charge in [0.2, 0.25) is 5.91 Å². The molecule has 13 heavy (non-hydrogen) atoms. The van der Waals surface area contributed by atoms with Gasteiger partial charge in [-0.2, -0.15) is 0 Å². The van der Waals surface area contributed by atoms with Gasteiger partial charge in [0.15, 0.2) is 0 Å². The van der Waals surface area contributed by atoms with Gasteiger partial charge < -0.3 is 5.32 Å². The summed E-state index contributed by atoms with van der Waals surface area (Å²) in [6, 6.07) is 2.80. The van der Waals surface area contributed by atoms with Crippen LogP contribution in [0.15, 0.2) is 10.5 Å². The number of anilines is 1. The molecule has 0 aliphatic heterocycles. The van der Waals surface area contributed by atoms with Crippen LogP contribution < -0.4 is 5.32 Å². The van der Waals surface area contributed by atoms with Gasteiger partial charge in [-0.3, -0.25) is 4.79 Å². The summed E-state index contributed by atoms with van der Waals surface area (Å²) in [5.74, 6) is -2.13. The minimum atomic E-state index is -0.872. The molecule has 69 valence electrons. The van der Waals surface area contributed by atoms with Gasteiger partial charge in [0.1, 0.15) is 11.6 Å². The van der Waals surface area contributed by atoms with Crippen LogP contribution in [0.3, 0.4) is 0 Å². The standard InChI is InChI=1S/C8H5BrF2NO/c1-4(13)12-7-3-5(10)2-6(11)8(7)9/h3H,1H3,(H,12,13). The Kier molecular flexibility index (Phi) is 2.98. The van der Waals surface area contributed by atoms with E-state index in [1.165, 1.54) is 6.92 Å². The van der Waals surface area contributed by atoms with E-state index in [1.54, 1.807) is 0 Å². The minimum absolute atomic E-state index is 0.0101. The molecule has 0 unspecified atom stereocenters. The van der Waals surface area contributed by atoms with Gasteiger partial charge in [-0.15, -0.1) is 0 Å². The molecule has 1 N–H and O–H groups in total. The highest BCUT2D eigenvalue weighted by Crippen LogP contribution is 2.26. The maximum Gasteiger partial charge on any atom is 0.221 e. The number of carbonyl (C=O) groups excluding carboxylic acids is 1. The molecule has 1 radical (unpaired) electrons. The molecule has 0 fully saturated rings. The molecule has 5 heteroatoms. The van der Waals surface area contributed by atoms with E-state index >= 15 is 0 Å². The first-order valence-corrected chi connectivity index (χ1v) is 4.14. The lowest BCUT2D eigenvalue weighted by atomic mass is 10.3. The van der Waals surface area contributed by atoms with Gasteiger partial charge in [0.05, 0.1) is 16.2 Å². The van der Waals surface area contributed by atoms with E-state index in [0.29, 0.717) is 0 Å². The van der Waals surface area contributed by atoms with Crippen molar-refractivity contribution in [2.75, 3.05) is 5.32 Å². The first-order valence-electron chi connectivity index (χ1n) is 3.35. The summed E-state index contributed by atoms with van der Waals surface area (Å²) in [5.41, 5.74) is 0.0567. The fourth-order valence-corrected chi connectivity index (χ4v) is 1.10. The van der Waals surface area contributed by atoms with Crippen molar-refractivity contribution in [2.24, 2.45) is 0 Å². The Bertz CT molecular complexity index is 354. The Labute approximate surface area is 82.1 Å². The van der Waals surface area contributed by atoms with E-state index in [-0.39, 0.29) is 10.2 Å². The van der Waals surface area contributed by atoms with E-state index in [2.05, 4.69) is 21.2 Å². The molecule has 0 saturated carbocycles. The molecule has 0 bridgehead atoms. The van der Waals surface area contributed by atoms with Crippen molar-refractivity contribution >= 4 is 27.5 Å². The van der Waals surface area contributed by atoms with E-state index in [4.69, 9.17) is 0 Å². The van der Waals surface area contributed by atoms with Crippen molar-refractivity contribution in [3.05, 3.63) is 28.2 Å². The second-order valence-corrected chi connectivity index (χ2v) is 3.13. The smallest absolute Gasteiger partial charge is 0.221 e. The van der Waals surface area contributed by atoms with Gasteiger partial charge in [-0.1, -0.05) is 0 Å². The Hall–Kier alpha value is -0.970. The maximum absolute atomic E-state index is 12.8. The third-order valence-corrected chi connectivity index (χ3v) is 2.02. The molecule has 0 heterocycles. The largest absolute Gasteiger partial charge is 0.325 e. The predicted molar refractivity (Wildman–Crippen MR) is 47.2 cm³/mol. The normalized spacial score (nSPS) is 9.85. The van der Waals surface area contributed by atoms with Gasteiger partial charge in [0, 0.05) is 6.92 Å². The zero-order valence-electron chi connectivity index (χ0n) is 6.62. The number of hydrogen-bond donors (Lipinski definition) is 1. The predicted octanol–water partition coefficient (Wildman–Crippen LogP) is 2.49. The maximum atomic E-state index is 12.8. The minimum Gasteiger partial charge on any atom is -0.325 e. The third-order valence-electron chi connectivity index (χ3n) is 1.24. The number of benzene rings is 1. The van der Waals surface area contributed by atoms with E-state index in [9.17, 15) is 13.6 Å². The SMILES string of the molecule is CC(=O)Nc1cc(F)[c]c(F)c1Br. The molecule has 2 nitrogen and oxygen atoms in total. The highest BCUT2D eigenvalue weighted by molar-refractivity contribution is 9.10. The van der Waals surface area contributed by atoms with Crippen LogP contribution in [-0.4, -0.2) is 5.91 Å². The van der Waals surface area contributed by atoms with Crippen molar-refractivity contribution in [1.82, 2.24) is 0 Å². The van der Waals surface area contributed by atoms with Crippen LogP contribution in [0.4, 0.5) is 14.5 Å². The van der Waals surface area contributed by atoms with Gasteiger partial charge in [0.25, 0.3) is 0 Å². The number of nitrogens with one attached hydrogen (secondary N) is 1. The molecule has 0 aromatic heterocycles. The summed E-state index contributed by atoms with van der Waals surface area (Å²) in [6.45, 7) is 1.25. The fraction of sp³-hybridized carbons (Fsp3) is 0.125. The van der Waals surface area contributed by atoms with Crippen LogP contribution in [0.2, 0.25) is 0 Å². The van der Waals surface area contributed by atoms with Crippen molar-refractivity contribution in [3.63, 3.8) is 0 Å². The second-order valence-electron chi connectivity index (χ2n) is 2.34. The second kappa shape index (κ2) is 3.83. The Balaban J connectivity index is 3.12. The summed E-state index contributed by atoms with van der Waals surface area (Å²) < 4.78 is 25.4. The van der Waals surface area contributed by atoms with E-state index in [0.717, 1.165) is 6.07 Å². The quantitative estimate of drug-likeness (QED) is 0.761. The van der Waals surface area contributed by atoms with Crippen LogP contribution in [0.5, 0.6) is 0 Å². The lowest BCUT2D eigenvalue weighted by Gasteiger charge is -2.05. The summed E-state index contributed by atoms with van der Waals surface area (Å²) in [4.78, 5) is 10.6. The molecule has 0 aliphatic carbocycles. The van der Waals surface area contributed by atoms with Crippen LogP contribution in [0.25, 0.3) is 0 Å². The molecule has 0 atom stereocenters. The molecule has 0 aliphatic rings. The Morgan fingerprint density at radius 2 is 2.23 bits per heavy atom. The van der Waals surface area contributed by atoms with E-state index in [1.807, 2.05) is 6.07 Å². The summed E-state index contributed by atoms with van der Waals surface area (Å²) in [7, 11) is 0. The Morgan fingerprint density at radius 3 is 2.77 bits per heavy atom. The lowest BCUT2D eigenvalue weighted by molar-refractivity contribution is -0.114. The summed E-state index contributed by atoms with van der Waals surface area (Å²) in [5, 5.41) is 2.27. The first kappa shape index (κ1) is 10.1. The highest BCUT2D eigenvalue weighted by Gasteiger charge is 2.09. The number of hydrogen-bond acceptors (Lipinski definition) is 1.